The second-order valence-electron chi connectivity index (χ2n) is 9.49. The third-order valence-corrected chi connectivity index (χ3v) is 10.1. The topological polar surface area (TPSA) is 12.0 Å². The smallest absolute Gasteiger partial charge is 0.170 e. The van der Waals surface area contributed by atoms with Gasteiger partial charge in [0.05, 0.1) is 8.07 Å². The van der Waals surface area contributed by atoms with Crippen molar-refractivity contribution in [3.05, 3.63) is 97.1 Å². The van der Waals surface area contributed by atoms with Crippen LogP contribution in [-0.4, -0.2) is 43.3 Å². The number of fused-ring (bicyclic) bond motifs is 2. The first-order chi connectivity index (χ1) is 16.9. The summed E-state index contributed by atoms with van der Waals surface area (Å²) in [6, 6.07) is 44.0. The van der Waals surface area contributed by atoms with Crippen molar-refractivity contribution < 1.29 is 30.2 Å². The van der Waals surface area contributed by atoms with E-state index < -0.39 is 8.07 Å². The van der Waals surface area contributed by atoms with Gasteiger partial charge < -0.3 is 0 Å². The van der Waals surface area contributed by atoms with E-state index in [1.807, 2.05) is 23.2 Å². The summed E-state index contributed by atoms with van der Waals surface area (Å²) in [7, 11) is 1.98. The van der Waals surface area contributed by atoms with Crippen LogP contribution in [0.5, 0.6) is 0 Å². The van der Waals surface area contributed by atoms with Crippen molar-refractivity contribution in [3.63, 3.8) is 0 Å². The largest absolute Gasteiger partial charge is 2.00 e. The van der Waals surface area contributed by atoms with Crippen LogP contribution < -0.4 is 19.5 Å². The van der Waals surface area contributed by atoms with Gasteiger partial charge in [0, 0.05) is 24.3 Å². The van der Waals surface area contributed by atoms with E-state index in [-0.39, 0.29) is 21.1 Å². The molecule has 0 radical (unpaired) electrons. The third kappa shape index (κ3) is 3.91. The van der Waals surface area contributed by atoms with Gasteiger partial charge in [0.15, 0.2) is 14.1 Å². The van der Waals surface area contributed by atoms with Gasteiger partial charge in [0.25, 0.3) is 22.7 Å². The van der Waals surface area contributed by atoms with Crippen LogP contribution in [0.25, 0.3) is 0 Å². The van der Waals surface area contributed by atoms with Gasteiger partial charge >= 0.3 is 33.1 Å². The van der Waals surface area contributed by atoms with Crippen LogP contribution in [0.3, 0.4) is 0 Å². The fraction of sp³-hybridized carbons (Fsp3) is 0.133. The van der Waals surface area contributed by atoms with E-state index in [1.54, 1.807) is 0 Å². The molecule has 0 spiro atoms. The molecule has 36 heavy (non-hydrogen) atoms. The molecule has 0 unspecified atom stereocenters. The molecule has 0 saturated heterocycles. The SMILES string of the molecule is C[N+]1=C=[N+](c2[c-]c([Si](C)(C)c3[c-]c([N+]4=C=[N+](C)c5ccccc54)ccc3)ccc2)c2ccccc21.[Pt+2]. The van der Waals surface area contributed by atoms with Gasteiger partial charge in [0.2, 0.25) is 0 Å². The predicted octanol–water partition coefficient (Wildman–Crippen LogP) is 4.70. The predicted molar refractivity (Wildman–Crippen MR) is 145 cm³/mol. The number of benzene rings is 4. The van der Waals surface area contributed by atoms with Crippen molar-refractivity contribution in [3.8, 4) is 0 Å². The van der Waals surface area contributed by atoms with Crippen molar-refractivity contribution in [1.29, 1.82) is 0 Å². The Balaban J connectivity index is 0.00000267. The summed E-state index contributed by atoms with van der Waals surface area (Å²) in [6.07, 6.45) is 0. The maximum atomic E-state index is 3.74. The monoisotopic (exact) mass is 665 g/mol. The zero-order chi connectivity index (χ0) is 24.2. The van der Waals surface area contributed by atoms with Crippen LogP contribution in [-0.2, 0) is 21.1 Å². The standard InChI is InChI=1S/C30H26N4Si.Pt/c1-31-21-33(29-17-7-5-15-27(29)31)23-11-9-13-25(19-23)35(3,4)26-14-10-12-24(20-26)34-22-32(2)28-16-6-8-18-30(28)34;/h5-18H,1-4H3;/q2*+2. The Morgan fingerprint density at radius 1 is 0.556 bits per heavy atom. The van der Waals surface area contributed by atoms with Crippen molar-refractivity contribution in [2.24, 2.45) is 0 Å². The zero-order valence-corrected chi connectivity index (χ0v) is 24.0. The molecule has 0 saturated carbocycles. The second kappa shape index (κ2) is 9.21. The molecule has 2 aliphatic heterocycles. The Morgan fingerprint density at radius 3 is 1.36 bits per heavy atom. The van der Waals surface area contributed by atoms with Crippen molar-refractivity contribution in [2.45, 2.75) is 13.1 Å². The van der Waals surface area contributed by atoms with Crippen LogP contribution in [0, 0.1) is 12.1 Å². The summed E-state index contributed by atoms with van der Waals surface area (Å²) >= 11 is 0. The number of hydrogen-bond donors (Lipinski definition) is 0. The van der Waals surface area contributed by atoms with E-state index in [0.29, 0.717) is 0 Å². The van der Waals surface area contributed by atoms with Gasteiger partial charge in [-0.2, -0.15) is 34.6 Å². The Hall–Kier alpha value is -3.45. The van der Waals surface area contributed by atoms with Crippen molar-refractivity contribution >= 4 is 64.6 Å². The Morgan fingerprint density at radius 2 is 0.944 bits per heavy atom. The van der Waals surface area contributed by atoms with Crippen LogP contribution in [0.4, 0.5) is 34.1 Å². The number of nitrogens with zero attached hydrogens (tertiary/aromatic N) is 4. The molecule has 0 bridgehead atoms. The normalized spacial score (nSPS) is 13.7. The Labute approximate surface area is 227 Å². The first-order valence-electron chi connectivity index (χ1n) is 11.8. The first-order valence-corrected chi connectivity index (χ1v) is 14.8. The van der Waals surface area contributed by atoms with Gasteiger partial charge in [-0.05, 0) is 0 Å². The van der Waals surface area contributed by atoms with E-state index in [0.717, 1.165) is 34.1 Å². The summed E-state index contributed by atoms with van der Waals surface area (Å²) in [5.74, 6) is 0. The average Bonchev–Trinajstić information content (AvgIpc) is 3.41. The molecular weight excluding hydrogens is 640 g/mol. The molecule has 0 aliphatic carbocycles. The van der Waals surface area contributed by atoms with Gasteiger partial charge in [-0.1, -0.05) is 67.8 Å². The van der Waals surface area contributed by atoms with Crippen molar-refractivity contribution in [2.75, 3.05) is 14.1 Å². The molecule has 0 amide bonds. The molecule has 6 rings (SSSR count). The molecule has 2 heterocycles. The van der Waals surface area contributed by atoms with Crippen LogP contribution in [0.15, 0.2) is 84.9 Å². The van der Waals surface area contributed by atoms with E-state index >= 15 is 0 Å². The number of rotatable bonds is 4. The first kappa shape index (κ1) is 24.2. The minimum absolute atomic E-state index is 0. The van der Waals surface area contributed by atoms with E-state index in [1.165, 1.54) is 10.4 Å². The van der Waals surface area contributed by atoms with Crippen molar-refractivity contribution in [1.82, 2.24) is 9.15 Å². The van der Waals surface area contributed by atoms with Gasteiger partial charge in [-0.25, -0.2) is 0 Å². The Bertz CT molecular complexity index is 1550. The second-order valence-corrected chi connectivity index (χ2v) is 13.8. The van der Waals surface area contributed by atoms with E-state index in [4.69, 9.17) is 0 Å². The molecule has 176 valence electrons. The average molecular weight is 666 g/mol. The molecule has 6 heteroatoms. The molecule has 0 fully saturated rings. The third-order valence-electron chi connectivity index (χ3n) is 6.86. The quantitative estimate of drug-likeness (QED) is 0.170. The van der Waals surface area contributed by atoms with Crippen LogP contribution in [0.2, 0.25) is 13.1 Å². The maximum absolute atomic E-state index is 3.74. The van der Waals surface area contributed by atoms with Gasteiger partial charge in [0.1, 0.15) is 11.4 Å². The van der Waals surface area contributed by atoms with E-state index in [2.05, 4.69) is 131 Å². The maximum Gasteiger partial charge on any atom is 2.00 e. The molecule has 0 atom stereocenters. The molecule has 4 nitrogen and oxygen atoms in total. The molecular formula is C30H26N4PtSi+4. The summed E-state index contributed by atoms with van der Waals surface area (Å²) in [5.41, 5.74) is 6.55. The van der Waals surface area contributed by atoms with Gasteiger partial charge in [-0.3, -0.25) is 0 Å². The summed E-state index contributed by atoms with van der Waals surface area (Å²) in [6.45, 7) is 4.74. The summed E-state index contributed by atoms with van der Waals surface area (Å²) in [4.78, 5) is 0. The fourth-order valence-corrected chi connectivity index (χ4v) is 7.00. The molecule has 0 N–H and O–H groups in total. The minimum atomic E-state index is -2.08. The molecule has 4 aromatic rings. The number of hydrogen-bond acceptors (Lipinski definition) is 0. The fourth-order valence-electron chi connectivity index (χ4n) is 4.81. The molecule has 2 aliphatic rings. The summed E-state index contributed by atoms with van der Waals surface area (Å²) in [5, 5.41) is 2.48. The summed E-state index contributed by atoms with van der Waals surface area (Å²) < 4.78 is 8.27. The minimum Gasteiger partial charge on any atom is -0.170 e. The molecule has 0 aromatic heterocycles. The number of para-hydroxylation sites is 4. The van der Waals surface area contributed by atoms with Gasteiger partial charge in [-0.15, -0.1) is 12.1 Å². The molecule has 4 aromatic carbocycles. The zero-order valence-electron chi connectivity index (χ0n) is 20.7. The van der Waals surface area contributed by atoms with E-state index in [9.17, 15) is 0 Å². The van der Waals surface area contributed by atoms with Crippen LogP contribution >= 0.6 is 0 Å². The van der Waals surface area contributed by atoms with Crippen LogP contribution in [0.1, 0.15) is 0 Å². The Kier molecular flexibility index (Phi) is 6.20.